The van der Waals surface area contributed by atoms with Crippen LogP contribution in [-0.4, -0.2) is 5.97 Å². The van der Waals surface area contributed by atoms with Crippen molar-refractivity contribution in [3.8, 4) is 0 Å². The molecular formula is C18H20O2. The summed E-state index contributed by atoms with van der Waals surface area (Å²) in [5, 5.41) is 0. The first-order valence-corrected chi connectivity index (χ1v) is 6.96. The first kappa shape index (κ1) is 14.3. The first-order chi connectivity index (χ1) is 9.67. The van der Waals surface area contributed by atoms with E-state index in [1.54, 1.807) is 0 Å². The standard InChI is InChI=1S/C18H20O2/c1-3-15-4-6-16(7-5-15)12-17-8-10-18(11-9-17)13-20-14(2)19/h4-11H,3,12-13H2,1-2H3. The molecule has 0 unspecified atom stereocenters. The van der Waals surface area contributed by atoms with E-state index in [9.17, 15) is 4.79 Å². The van der Waals surface area contributed by atoms with Gasteiger partial charge in [0.15, 0.2) is 0 Å². The predicted molar refractivity (Wildman–Crippen MR) is 80.5 cm³/mol. The summed E-state index contributed by atoms with van der Waals surface area (Å²) in [6.07, 6.45) is 2.00. The third-order valence-corrected chi connectivity index (χ3v) is 3.30. The molecule has 104 valence electrons. The van der Waals surface area contributed by atoms with Gasteiger partial charge < -0.3 is 4.74 Å². The molecule has 2 rings (SSSR count). The van der Waals surface area contributed by atoms with Crippen LogP contribution < -0.4 is 0 Å². The first-order valence-electron chi connectivity index (χ1n) is 6.96. The molecular weight excluding hydrogens is 248 g/mol. The molecule has 0 aromatic heterocycles. The smallest absolute Gasteiger partial charge is 0.302 e. The molecule has 2 aromatic carbocycles. The van der Waals surface area contributed by atoms with Gasteiger partial charge in [0, 0.05) is 6.92 Å². The Hall–Kier alpha value is -2.09. The molecule has 0 heterocycles. The molecule has 2 aromatic rings. The van der Waals surface area contributed by atoms with Crippen molar-refractivity contribution in [3.05, 3.63) is 70.8 Å². The maximum Gasteiger partial charge on any atom is 0.302 e. The highest BCUT2D eigenvalue weighted by atomic mass is 16.5. The Bertz CT molecular complexity index is 553. The Balaban J connectivity index is 1.97. The van der Waals surface area contributed by atoms with Crippen LogP contribution in [0.15, 0.2) is 48.5 Å². The minimum atomic E-state index is -0.245. The molecule has 0 aliphatic carbocycles. The van der Waals surface area contributed by atoms with Crippen molar-refractivity contribution in [2.45, 2.75) is 33.3 Å². The number of hydrogen-bond donors (Lipinski definition) is 0. The Morgan fingerprint density at radius 3 is 1.75 bits per heavy atom. The van der Waals surface area contributed by atoms with Gasteiger partial charge in [0.25, 0.3) is 0 Å². The van der Waals surface area contributed by atoms with Crippen LogP contribution in [0.25, 0.3) is 0 Å². The highest BCUT2D eigenvalue weighted by molar-refractivity contribution is 5.65. The van der Waals surface area contributed by atoms with E-state index in [0.29, 0.717) is 6.61 Å². The SMILES string of the molecule is CCc1ccc(Cc2ccc(COC(C)=O)cc2)cc1. The molecule has 0 aliphatic rings. The van der Waals surface area contributed by atoms with Crippen molar-refractivity contribution in [1.82, 2.24) is 0 Å². The molecule has 0 fully saturated rings. The number of carbonyl (C=O) groups excluding carboxylic acids is 1. The maximum absolute atomic E-state index is 10.8. The molecule has 0 amide bonds. The minimum Gasteiger partial charge on any atom is -0.461 e. The van der Waals surface area contributed by atoms with Crippen LogP contribution in [0.1, 0.15) is 36.1 Å². The fourth-order valence-corrected chi connectivity index (χ4v) is 2.07. The van der Waals surface area contributed by atoms with Gasteiger partial charge >= 0.3 is 5.97 Å². The van der Waals surface area contributed by atoms with Crippen LogP contribution in [0.2, 0.25) is 0 Å². The molecule has 0 spiro atoms. The van der Waals surface area contributed by atoms with Gasteiger partial charge in [-0.15, -0.1) is 0 Å². The third kappa shape index (κ3) is 4.23. The normalized spacial score (nSPS) is 10.3. The lowest BCUT2D eigenvalue weighted by Crippen LogP contribution is -1.98. The van der Waals surface area contributed by atoms with Crippen LogP contribution in [0.3, 0.4) is 0 Å². The Labute approximate surface area is 120 Å². The second kappa shape index (κ2) is 6.90. The molecule has 20 heavy (non-hydrogen) atoms. The van der Waals surface area contributed by atoms with Crippen LogP contribution in [0, 0.1) is 0 Å². The summed E-state index contributed by atoms with van der Waals surface area (Å²) in [6, 6.07) is 16.9. The van der Waals surface area contributed by atoms with E-state index >= 15 is 0 Å². The lowest BCUT2D eigenvalue weighted by molar-refractivity contribution is -0.142. The summed E-state index contributed by atoms with van der Waals surface area (Å²) in [5.41, 5.74) is 4.96. The number of aryl methyl sites for hydroxylation is 1. The van der Waals surface area contributed by atoms with Crippen molar-refractivity contribution < 1.29 is 9.53 Å². The van der Waals surface area contributed by atoms with E-state index in [4.69, 9.17) is 4.74 Å². The lowest BCUT2D eigenvalue weighted by atomic mass is 10.0. The largest absolute Gasteiger partial charge is 0.461 e. The highest BCUT2D eigenvalue weighted by Gasteiger charge is 1.99. The topological polar surface area (TPSA) is 26.3 Å². The average Bonchev–Trinajstić information content (AvgIpc) is 2.47. The van der Waals surface area contributed by atoms with Gasteiger partial charge in [-0.25, -0.2) is 0 Å². The number of ether oxygens (including phenoxy) is 1. The van der Waals surface area contributed by atoms with Crippen molar-refractivity contribution in [3.63, 3.8) is 0 Å². The van der Waals surface area contributed by atoms with Crippen LogP contribution in [-0.2, 0) is 29.0 Å². The third-order valence-electron chi connectivity index (χ3n) is 3.30. The van der Waals surface area contributed by atoms with E-state index in [-0.39, 0.29) is 5.97 Å². The van der Waals surface area contributed by atoms with E-state index in [1.807, 2.05) is 12.1 Å². The van der Waals surface area contributed by atoms with Gasteiger partial charge in [0.05, 0.1) is 0 Å². The summed E-state index contributed by atoms with van der Waals surface area (Å²) in [6.45, 7) is 3.94. The highest BCUT2D eigenvalue weighted by Crippen LogP contribution is 2.13. The van der Waals surface area contributed by atoms with Gasteiger partial charge in [-0.3, -0.25) is 4.79 Å². The van der Waals surface area contributed by atoms with Crippen LogP contribution in [0.4, 0.5) is 0 Å². The van der Waals surface area contributed by atoms with Gasteiger partial charge in [-0.2, -0.15) is 0 Å². The lowest BCUT2D eigenvalue weighted by Gasteiger charge is -2.06. The number of esters is 1. The zero-order valence-electron chi connectivity index (χ0n) is 12.1. The van der Waals surface area contributed by atoms with Crippen molar-refractivity contribution in [2.75, 3.05) is 0 Å². The molecule has 0 radical (unpaired) electrons. The van der Waals surface area contributed by atoms with Gasteiger partial charge in [-0.05, 0) is 35.1 Å². The average molecular weight is 268 g/mol. The summed E-state index contributed by atoms with van der Waals surface area (Å²) in [4.78, 5) is 10.8. The van der Waals surface area contributed by atoms with E-state index in [2.05, 4.69) is 43.3 Å². The molecule has 0 bridgehead atoms. The Morgan fingerprint density at radius 2 is 1.30 bits per heavy atom. The van der Waals surface area contributed by atoms with E-state index < -0.39 is 0 Å². The fraction of sp³-hybridized carbons (Fsp3) is 0.278. The summed E-state index contributed by atoms with van der Waals surface area (Å²) in [7, 11) is 0. The number of rotatable bonds is 5. The zero-order valence-corrected chi connectivity index (χ0v) is 12.1. The van der Waals surface area contributed by atoms with Crippen LogP contribution in [0.5, 0.6) is 0 Å². The monoisotopic (exact) mass is 268 g/mol. The second-order valence-corrected chi connectivity index (χ2v) is 4.94. The zero-order chi connectivity index (χ0) is 14.4. The quantitative estimate of drug-likeness (QED) is 0.769. The summed E-state index contributed by atoms with van der Waals surface area (Å²) < 4.78 is 4.97. The summed E-state index contributed by atoms with van der Waals surface area (Å²) >= 11 is 0. The molecule has 2 nitrogen and oxygen atoms in total. The number of benzene rings is 2. The molecule has 2 heteroatoms. The molecule has 0 saturated carbocycles. The van der Waals surface area contributed by atoms with E-state index in [1.165, 1.54) is 23.6 Å². The molecule has 0 aliphatic heterocycles. The molecule has 0 N–H and O–H groups in total. The Kier molecular flexibility index (Phi) is 4.94. The van der Waals surface area contributed by atoms with Crippen molar-refractivity contribution in [1.29, 1.82) is 0 Å². The predicted octanol–water partition coefficient (Wildman–Crippen LogP) is 3.90. The summed E-state index contributed by atoms with van der Waals surface area (Å²) in [5.74, 6) is -0.245. The Morgan fingerprint density at radius 1 is 0.850 bits per heavy atom. The van der Waals surface area contributed by atoms with Gasteiger partial charge in [0.1, 0.15) is 6.61 Å². The van der Waals surface area contributed by atoms with Gasteiger partial charge in [0.2, 0.25) is 0 Å². The number of carbonyl (C=O) groups is 1. The molecule has 0 saturated heterocycles. The number of hydrogen-bond acceptors (Lipinski definition) is 2. The van der Waals surface area contributed by atoms with E-state index in [0.717, 1.165) is 18.4 Å². The molecule has 0 atom stereocenters. The van der Waals surface area contributed by atoms with Crippen molar-refractivity contribution >= 4 is 5.97 Å². The van der Waals surface area contributed by atoms with Crippen LogP contribution >= 0.6 is 0 Å². The van der Waals surface area contributed by atoms with Crippen molar-refractivity contribution in [2.24, 2.45) is 0 Å². The fourth-order valence-electron chi connectivity index (χ4n) is 2.07. The van der Waals surface area contributed by atoms with Gasteiger partial charge in [-0.1, -0.05) is 55.5 Å². The second-order valence-electron chi connectivity index (χ2n) is 4.94. The minimum absolute atomic E-state index is 0.245. The maximum atomic E-state index is 10.8.